The zero-order chi connectivity index (χ0) is 13.1. The third-order valence-electron chi connectivity index (χ3n) is 4.63. The summed E-state index contributed by atoms with van der Waals surface area (Å²) in [7, 11) is 0. The molecule has 17 heavy (non-hydrogen) atoms. The molecule has 0 bridgehead atoms. The first-order valence-electron chi connectivity index (χ1n) is 7.05. The van der Waals surface area contributed by atoms with Crippen LogP contribution in [0.4, 0.5) is 0 Å². The van der Waals surface area contributed by atoms with Crippen molar-refractivity contribution in [3.8, 4) is 0 Å². The van der Waals surface area contributed by atoms with Gasteiger partial charge in [0, 0.05) is 18.6 Å². The number of nitrogens with zero attached hydrogens (tertiary/aromatic N) is 1. The van der Waals surface area contributed by atoms with E-state index in [1.165, 1.54) is 6.42 Å². The van der Waals surface area contributed by atoms with Crippen molar-refractivity contribution in [2.45, 2.75) is 71.9 Å². The van der Waals surface area contributed by atoms with Crippen LogP contribution in [0, 0.1) is 5.41 Å². The van der Waals surface area contributed by atoms with Crippen molar-refractivity contribution >= 4 is 5.91 Å². The Morgan fingerprint density at radius 1 is 1.24 bits per heavy atom. The van der Waals surface area contributed by atoms with Crippen molar-refractivity contribution < 1.29 is 4.79 Å². The second-order valence-corrected chi connectivity index (χ2v) is 5.53. The van der Waals surface area contributed by atoms with E-state index in [2.05, 4.69) is 32.6 Å². The molecular formula is C14H28N2O. The first-order valence-corrected chi connectivity index (χ1v) is 7.05. The fourth-order valence-electron chi connectivity index (χ4n) is 3.02. The predicted octanol–water partition coefficient (Wildman–Crippen LogP) is 2.54. The van der Waals surface area contributed by atoms with Gasteiger partial charge in [0.1, 0.15) is 0 Å². The van der Waals surface area contributed by atoms with Crippen molar-refractivity contribution in [2.24, 2.45) is 11.1 Å². The minimum atomic E-state index is -0.333. The van der Waals surface area contributed by atoms with Crippen LogP contribution in [0.15, 0.2) is 0 Å². The minimum absolute atomic E-state index is 0.282. The van der Waals surface area contributed by atoms with E-state index in [0.29, 0.717) is 18.6 Å². The molecule has 1 aliphatic heterocycles. The van der Waals surface area contributed by atoms with E-state index in [1.807, 2.05) is 0 Å². The molecule has 3 nitrogen and oxygen atoms in total. The Kier molecular flexibility index (Phi) is 4.99. The van der Waals surface area contributed by atoms with Crippen LogP contribution < -0.4 is 5.73 Å². The Hall–Kier alpha value is -0.570. The maximum Gasteiger partial charge on any atom is 0.230 e. The number of rotatable bonds is 4. The van der Waals surface area contributed by atoms with Gasteiger partial charge in [0.05, 0.1) is 5.41 Å². The van der Waals surface area contributed by atoms with Gasteiger partial charge in [0.2, 0.25) is 5.91 Å². The number of piperidine rings is 1. The molecule has 100 valence electrons. The van der Waals surface area contributed by atoms with E-state index >= 15 is 0 Å². The van der Waals surface area contributed by atoms with Crippen molar-refractivity contribution in [1.82, 2.24) is 4.90 Å². The number of likely N-dealkylation sites (tertiary alicyclic amines) is 1. The average Bonchev–Trinajstić information content (AvgIpc) is 2.32. The van der Waals surface area contributed by atoms with E-state index in [0.717, 1.165) is 25.7 Å². The molecule has 0 aromatic carbocycles. The van der Waals surface area contributed by atoms with Crippen LogP contribution in [-0.4, -0.2) is 29.4 Å². The molecule has 0 aliphatic carbocycles. The van der Waals surface area contributed by atoms with Gasteiger partial charge in [-0.2, -0.15) is 0 Å². The van der Waals surface area contributed by atoms with E-state index in [-0.39, 0.29) is 11.3 Å². The second-order valence-electron chi connectivity index (χ2n) is 5.53. The summed E-state index contributed by atoms with van der Waals surface area (Å²) in [5.74, 6) is 0.282. The number of hydrogen-bond acceptors (Lipinski definition) is 2. The normalized spacial score (nSPS) is 26.1. The Morgan fingerprint density at radius 2 is 1.71 bits per heavy atom. The number of carbonyl (C=O) groups excluding carboxylic acids is 1. The lowest BCUT2D eigenvalue weighted by atomic mass is 9.79. The number of hydrogen-bond donors (Lipinski definition) is 1. The summed E-state index contributed by atoms with van der Waals surface area (Å²) in [6.07, 6.45) is 5.18. The summed E-state index contributed by atoms with van der Waals surface area (Å²) >= 11 is 0. The summed E-state index contributed by atoms with van der Waals surface area (Å²) in [5, 5.41) is 0. The summed E-state index contributed by atoms with van der Waals surface area (Å²) in [5.41, 5.74) is 5.55. The third-order valence-corrected chi connectivity index (χ3v) is 4.63. The lowest BCUT2D eigenvalue weighted by molar-refractivity contribution is -0.148. The molecule has 0 spiro atoms. The molecule has 2 atom stereocenters. The molecule has 1 saturated heterocycles. The number of amides is 1. The van der Waals surface area contributed by atoms with Crippen LogP contribution in [0.25, 0.3) is 0 Å². The molecule has 1 aliphatic rings. The summed E-state index contributed by atoms with van der Waals surface area (Å²) in [6.45, 7) is 8.95. The Bertz CT molecular complexity index is 243. The van der Waals surface area contributed by atoms with Crippen molar-refractivity contribution in [1.29, 1.82) is 0 Å². The van der Waals surface area contributed by atoms with Gasteiger partial charge in [0.25, 0.3) is 0 Å². The van der Waals surface area contributed by atoms with E-state index < -0.39 is 0 Å². The van der Waals surface area contributed by atoms with Gasteiger partial charge in [-0.25, -0.2) is 0 Å². The summed E-state index contributed by atoms with van der Waals surface area (Å²) < 4.78 is 0. The van der Waals surface area contributed by atoms with Crippen LogP contribution in [-0.2, 0) is 4.79 Å². The molecule has 0 unspecified atom stereocenters. The molecule has 1 amide bonds. The first kappa shape index (κ1) is 14.5. The molecule has 1 rings (SSSR count). The highest BCUT2D eigenvalue weighted by molar-refractivity contribution is 5.83. The number of carbonyl (C=O) groups is 1. The topological polar surface area (TPSA) is 46.3 Å². The Labute approximate surface area is 106 Å². The highest BCUT2D eigenvalue weighted by atomic mass is 16.2. The van der Waals surface area contributed by atoms with Gasteiger partial charge in [-0.1, -0.05) is 13.8 Å². The fraction of sp³-hybridized carbons (Fsp3) is 0.929. The maximum atomic E-state index is 12.8. The molecule has 2 N–H and O–H groups in total. The SMILES string of the molecule is CCC(CC)(CN)C(=O)N1[C@H](C)CCC[C@@H]1C. The Morgan fingerprint density at radius 3 is 2.06 bits per heavy atom. The molecule has 0 aromatic heterocycles. The quantitative estimate of drug-likeness (QED) is 0.821. The largest absolute Gasteiger partial charge is 0.337 e. The fourth-order valence-corrected chi connectivity index (χ4v) is 3.02. The van der Waals surface area contributed by atoms with Crippen molar-refractivity contribution in [2.75, 3.05) is 6.54 Å². The lowest BCUT2D eigenvalue weighted by Gasteiger charge is -2.44. The Balaban J connectivity index is 2.92. The van der Waals surface area contributed by atoms with Gasteiger partial charge in [-0.15, -0.1) is 0 Å². The lowest BCUT2D eigenvalue weighted by Crippen LogP contribution is -2.55. The zero-order valence-corrected chi connectivity index (χ0v) is 11.8. The van der Waals surface area contributed by atoms with Crippen LogP contribution in [0.2, 0.25) is 0 Å². The summed E-state index contributed by atoms with van der Waals surface area (Å²) in [4.78, 5) is 14.9. The number of nitrogens with two attached hydrogens (primary N) is 1. The molecule has 0 aromatic rings. The highest BCUT2D eigenvalue weighted by Gasteiger charge is 2.41. The van der Waals surface area contributed by atoms with Gasteiger partial charge in [-0.3, -0.25) is 4.79 Å². The first-order chi connectivity index (χ1) is 8.02. The maximum absolute atomic E-state index is 12.8. The van der Waals surface area contributed by atoms with Gasteiger partial charge < -0.3 is 10.6 Å². The van der Waals surface area contributed by atoms with Gasteiger partial charge in [-0.05, 0) is 46.0 Å². The van der Waals surface area contributed by atoms with Crippen molar-refractivity contribution in [3.63, 3.8) is 0 Å². The van der Waals surface area contributed by atoms with Crippen LogP contribution in [0.3, 0.4) is 0 Å². The van der Waals surface area contributed by atoms with Crippen molar-refractivity contribution in [3.05, 3.63) is 0 Å². The van der Waals surface area contributed by atoms with E-state index in [9.17, 15) is 4.79 Å². The molecule has 1 fully saturated rings. The molecule has 0 saturated carbocycles. The zero-order valence-electron chi connectivity index (χ0n) is 11.8. The minimum Gasteiger partial charge on any atom is -0.337 e. The third kappa shape index (κ3) is 2.65. The molecule has 1 heterocycles. The van der Waals surface area contributed by atoms with Gasteiger partial charge in [0.15, 0.2) is 0 Å². The average molecular weight is 240 g/mol. The summed E-state index contributed by atoms with van der Waals surface area (Å²) in [6, 6.07) is 0.741. The highest BCUT2D eigenvalue weighted by Crippen LogP contribution is 2.33. The van der Waals surface area contributed by atoms with Crippen LogP contribution in [0.5, 0.6) is 0 Å². The standard InChI is InChI=1S/C14H28N2O/c1-5-14(6-2,10-15)13(17)16-11(3)8-7-9-12(16)4/h11-12H,5-10,15H2,1-4H3/t11-,12+. The molecule has 3 heteroatoms. The van der Waals surface area contributed by atoms with Crippen LogP contribution in [0.1, 0.15) is 59.8 Å². The molecule has 0 radical (unpaired) electrons. The smallest absolute Gasteiger partial charge is 0.230 e. The predicted molar refractivity (Wildman–Crippen MR) is 71.7 cm³/mol. The van der Waals surface area contributed by atoms with E-state index in [4.69, 9.17) is 5.73 Å². The second kappa shape index (κ2) is 5.85. The van der Waals surface area contributed by atoms with E-state index in [1.54, 1.807) is 0 Å². The monoisotopic (exact) mass is 240 g/mol. The molecular weight excluding hydrogens is 212 g/mol. The van der Waals surface area contributed by atoms with Crippen LogP contribution >= 0.6 is 0 Å². The van der Waals surface area contributed by atoms with Gasteiger partial charge >= 0.3 is 0 Å².